The van der Waals surface area contributed by atoms with Crippen molar-refractivity contribution in [2.45, 2.75) is 0 Å². The monoisotopic (exact) mass is 301 g/mol. The van der Waals surface area contributed by atoms with Gasteiger partial charge in [0.15, 0.2) is 5.84 Å². The second kappa shape index (κ2) is 7.63. The van der Waals surface area contributed by atoms with Gasteiger partial charge in [0.2, 0.25) is 5.82 Å². The summed E-state index contributed by atoms with van der Waals surface area (Å²) < 4.78 is 0. The van der Waals surface area contributed by atoms with Crippen molar-refractivity contribution in [1.82, 2.24) is 25.5 Å². The van der Waals surface area contributed by atoms with E-state index in [1.807, 2.05) is 6.07 Å². The quantitative estimate of drug-likeness (QED) is 0.508. The summed E-state index contributed by atoms with van der Waals surface area (Å²) >= 11 is 5.93. The Bertz CT molecular complexity index is 709. The van der Waals surface area contributed by atoms with Crippen molar-refractivity contribution < 1.29 is 0 Å². The van der Waals surface area contributed by atoms with Crippen molar-refractivity contribution >= 4 is 17.4 Å². The zero-order chi connectivity index (χ0) is 15.8. The molecule has 0 aliphatic carbocycles. The summed E-state index contributed by atoms with van der Waals surface area (Å²) in [6.07, 6.45) is 8.00. The Balaban J connectivity index is 0.00000106. The van der Waals surface area contributed by atoms with Crippen LogP contribution in [0, 0.1) is 24.2 Å². The van der Waals surface area contributed by atoms with Crippen molar-refractivity contribution in [3.63, 3.8) is 0 Å². The van der Waals surface area contributed by atoms with Crippen LogP contribution in [-0.4, -0.2) is 40.1 Å². The maximum Gasteiger partial charge on any atom is 0.239 e. The SMILES string of the molecule is C#C.CN=C(NC)c1nnn(-c2cc(Cl)cc(C#N)c2)n1. The van der Waals surface area contributed by atoms with Crippen LogP contribution in [0.4, 0.5) is 0 Å². The number of nitrogens with one attached hydrogen (secondary N) is 1. The molecule has 1 N–H and O–H groups in total. The Morgan fingerprint density at radius 3 is 2.71 bits per heavy atom. The molecule has 106 valence electrons. The molecule has 0 saturated heterocycles. The molecule has 0 aliphatic heterocycles. The second-order valence-electron chi connectivity index (χ2n) is 3.53. The first kappa shape index (κ1) is 16.2. The predicted octanol–water partition coefficient (Wildman–Crippen LogP) is 1.03. The zero-order valence-corrected chi connectivity index (χ0v) is 12.2. The van der Waals surface area contributed by atoms with Crippen molar-refractivity contribution in [1.29, 1.82) is 5.26 Å². The smallest absolute Gasteiger partial charge is 0.239 e. The number of hydrogen-bond donors (Lipinski definition) is 1. The first-order valence-corrected chi connectivity index (χ1v) is 6.05. The molecule has 0 fully saturated rings. The van der Waals surface area contributed by atoms with Crippen LogP contribution in [-0.2, 0) is 0 Å². The first-order chi connectivity index (χ1) is 10.2. The van der Waals surface area contributed by atoms with E-state index in [9.17, 15) is 0 Å². The minimum absolute atomic E-state index is 0.364. The molecule has 0 atom stereocenters. The number of aliphatic imine (C=N–C) groups is 1. The van der Waals surface area contributed by atoms with Gasteiger partial charge in [0.25, 0.3) is 0 Å². The van der Waals surface area contributed by atoms with Crippen LogP contribution in [0.25, 0.3) is 5.69 Å². The van der Waals surface area contributed by atoms with E-state index in [4.69, 9.17) is 16.9 Å². The van der Waals surface area contributed by atoms with E-state index in [-0.39, 0.29) is 0 Å². The number of tetrazole rings is 1. The van der Waals surface area contributed by atoms with Crippen molar-refractivity contribution in [3.8, 4) is 24.6 Å². The molecule has 1 aromatic carbocycles. The van der Waals surface area contributed by atoms with Gasteiger partial charge in [0.05, 0.1) is 17.3 Å². The average molecular weight is 302 g/mol. The largest absolute Gasteiger partial charge is 0.370 e. The van der Waals surface area contributed by atoms with Gasteiger partial charge in [-0.15, -0.1) is 27.8 Å². The number of rotatable bonds is 2. The molecule has 0 aliphatic rings. The van der Waals surface area contributed by atoms with Gasteiger partial charge < -0.3 is 5.32 Å². The summed E-state index contributed by atoms with van der Waals surface area (Å²) in [5, 5.41) is 24.2. The van der Waals surface area contributed by atoms with E-state index >= 15 is 0 Å². The van der Waals surface area contributed by atoms with Crippen molar-refractivity contribution in [2.24, 2.45) is 4.99 Å². The van der Waals surface area contributed by atoms with Gasteiger partial charge >= 0.3 is 0 Å². The molecule has 1 aromatic heterocycles. The molecule has 21 heavy (non-hydrogen) atoms. The molecule has 2 rings (SSSR count). The normalized spacial score (nSPS) is 10.2. The van der Waals surface area contributed by atoms with Gasteiger partial charge in [-0.1, -0.05) is 11.6 Å². The number of benzene rings is 1. The lowest BCUT2D eigenvalue weighted by molar-refractivity contribution is 0.719. The highest BCUT2D eigenvalue weighted by Gasteiger charge is 2.10. The number of hydrogen-bond acceptors (Lipinski definition) is 5. The van der Waals surface area contributed by atoms with Crippen molar-refractivity contribution in [3.05, 3.63) is 34.6 Å². The van der Waals surface area contributed by atoms with Gasteiger partial charge in [-0.2, -0.15) is 5.26 Å². The summed E-state index contributed by atoms with van der Waals surface area (Å²) in [7, 11) is 3.34. The minimum atomic E-state index is 0.364. The van der Waals surface area contributed by atoms with E-state index in [1.165, 1.54) is 4.80 Å². The topological polar surface area (TPSA) is 91.8 Å². The van der Waals surface area contributed by atoms with Gasteiger partial charge in [0.1, 0.15) is 0 Å². The summed E-state index contributed by atoms with van der Waals surface area (Å²) in [4.78, 5) is 5.28. The fourth-order valence-electron chi connectivity index (χ4n) is 1.50. The van der Waals surface area contributed by atoms with Crippen LogP contribution in [0.2, 0.25) is 5.02 Å². The van der Waals surface area contributed by atoms with Crippen LogP contribution in [0.1, 0.15) is 11.4 Å². The molecular formula is C13H12ClN7. The van der Waals surface area contributed by atoms with Crippen LogP contribution >= 0.6 is 11.6 Å². The Morgan fingerprint density at radius 1 is 1.43 bits per heavy atom. The number of nitriles is 1. The lowest BCUT2D eigenvalue weighted by atomic mass is 10.2. The van der Waals surface area contributed by atoms with E-state index in [1.54, 1.807) is 32.3 Å². The fraction of sp³-hybridized carbons (Fsp3) is 0.154. The molecule has 0 bridgehead atoms. The number of halogens is 1. The number of amidine groups is 1. The first-order valence-electron chi connectivity index (χ1n) is 5.67. The molecule has 0 amide bonds. The van der Waals surface area contributed by atoms with E-state index in [2.05, 4.69) is 38.6 Å². The highest BCUT2D eigenvalue weighted by atomic mass is 35.5. The standard InChI is InChI=1S/C11H10ClN7.C2H2/c1-14-10(15-2)11-16-18-19(17-11)9-4-7(6-13)3-8(12)5-9;1-2/h3-5H,1-2H3,(H,14,15);1-2H. The molecule has 0 radical (unpaired) electrons. The minimum Gasteiger partial charge on any atom is -0.370 e. The van der Waals surface area contributed by atoms with Crippen molar-refractivity contribution in [2.75, 3.05) is 14.1 Å². The molecule has 0 spiro atoms. The molecule has 0 unspecified atom stereocenters. The molecule has 2 aromatic rings. The maximum absolute atomic E-state index is 8.90. The maximum atomic E-state index is 8.90. The summed E-state index contributed by atoms with van der Waals surface area (Å²) in [5.41, 5.74) is 0.994. The Kier molecular flexibility index (Phi) is 5.87. The van der Waals surface area contributed by atoms with Gasteiger partial charge in [-0.3, -0.25) is 4.99 Å². The third kappa shape index (κ3) is 3.78. The average Bonchev–Trinajstić information content (AvgIpc) is 3.00. The molecule has 0 saturated carbocycles. The number of nitrogens with zero attached hydrogens (tertiary/aromatic N) is 6. The van der Waals surface area contributed by atoms with Crippen LogP contribution in [0.5, 0.6) is 0 Å². The molecule has 7 nitrogen and oxygen atoms in total. The fourth-order valence-corrected chi connectivity index (χ4v) is 1.73. The van der Waals surface area contributed by atoms with E-state index in [0.717, 1.165) is 0 Å². The summed E-state index contributed by atoms with van der Waals surface area (Å²) in [6.45, 7) is 0. The zero-order valence-electron chi connectivity index (χ0n) is 11.4. The Labute approximate surface area is 127 Å². The van der Waals surface area contributed by atoms with Crippen LogP contribution < -0.4 is 5.32 Å². The van der Waals surface area contributed by atoms with Crippen LogP contribution in [0.15, 0.2) is 23.2 Å². The number of aromatic nitrogens is 4. The van der Waals surface area contributed by atoms with E-state index < -0.39 is 0 Å². The van der Waals surface area contributed by atoms with Crippen LogP contribution in [0.3, 0.4) is 0 Å². The Hall–Kier alpha value is -2.90. The number of terminal acetylenes is 1. The van der Waals surface area contributed by atoms with Gasteiger partial charge in [-0.05, 0) is 23.4 Å². The second-order valence-corrected chi connectivity index (χ2v) is 3.97. The Morgan fingerprint density at radius 2 is 2.14 bits per heavy atom. The molecular weight excluding hydrogens is 290 g/mol. The van der Waals surface area contributed by atoms with Gasteiger partial charge in [-0.25, -0.2) is 0 Å². The van der Waals surface area contributed by atoms with Gasteiger partial charge in [0, 0.05) is 19.1 Å². The lowest BCUT2D eigenvalue weighted by Gasteiger charge is -2.00. The van der Waals surface area contributed by atoms with E-state index in [0.29, 0.717) is 27.9 Å². The lowest BCUT2D eigenvalue weighted by Crippen LogP contribution is -2.21. The molecule has 8 heteroatoms. The third-order valence-corrected chi connectivity index (χ3v) is 2.55. The predicted molar refractivity (Wildman–Crippen MR) is 80.3 cm³/mol. The third-order valence-electron chi connectivity index (χ3n) is 2.33. The summed E-state index contributed by atoms with van der Waals surface area (Å²) in [5.74, 6) is 0.886. The highest BCUT2D eigenvalue weighted by molar-refractivity contribution is 6.30. The molecule has 1 heterocycles. The highest BCUT2D eigenvalue weighted by Crippen LogP contribution is 2.16. The summed E-state index contributed by atoms with van der Waals surface area (Å²) in [6, 6.07) is 6.86.